The Kier molecular flexibility index (Phi) is 5.13. The molecule has 0 spiro atoms. The molecule has 1 N–H and O–H groups in total. The van der Waals surface area contributed by atoms with E-state index in [9.17, 15) is 0 Å². The summed E-state index contributed by atoms with van der Waals surface area (Å²) in [6.45, 7) is 4.42. The number of ether oxygens (including phenoxy) is 1. The van der Waals surface area contributed by atoms with Crippen molar-refractivity contribution >= 4 is 0 Å². The van der Waals surface area contributed by atoms with Gasteiger partial charge in [0, 0.05) is 19.7 Å². The monoisotopic (exact) mass is 252 g/mol. The van der Waals surface area contributed by atoms with Crippen molar-refractivity contribution in [3.63, 3.8) is 0 Å². The van der Waals surface area contributed by atoms with E-state index < -0.39 is 0 Å². The number of methoxy groups -OCH3 is 1. The molecule has 102 valence electrons. The Bertz CT molecular complexity index is 358. The Balaban J connectivity index is 1.97. The second-order valence-corrected chi connectivity index (χ2v) is 4.99. The summed E-state index contributed by atoms with van der Waals surface area (Å²) in [6, 6.07) is 0.605. The molecule has 1 heterocycles. The molecule has 0 atom stereocenters. The first kappa shape index (κ1) is 13.5. The molecule has 1 aliphatic carbocycles. The van der Waals surface area contributed by atoms with E-state index in [1.807, 2.05) is 0 Å². The van der Waals surface area contributed by atoms with Gasteiger partial charge in [-0.1, -0.05) is 19.3 Å². The van der Waals surface area contributed by atoms with Crippen LogP contribution in [0.2, 0.25) is 0 Å². The van der Waals surface area contributed by atoms with Crippen LogP contribution in [0.25, 0.3) is 0 Å². The summed E-state index contributed by atoms with van der Waals surface area (Å²) in [5, 5.41) is 11.9. The fourth-order valence-corrected chi connectivity index (χ4v) is 2.72. The van der Waals surface area contributed by atoms with Gasteiger partial charge in [0.1, 0.15) is 11.6 Å². The van der Waals surface area contributed by atoms with Gasteiger partial charge in [-0.3, -0.25) is 0 Å². The number of aromatic nitrogens is 3. The van der Waals surface area contributed by atoms with Gasteiger partial charge in [0.15, 0.2) is 0 Å². The summed E-state index contributed by atoms with van der Waals surface area (Å²) in [4.78, 5) is 0. The molecule has 2 rings (SSSR count). The maximum absolute atomic E-state index is 5.03. The Morgan fingerprint density at radius 2 is 2.06 bits per heavy atom. The normalized spacial score (nSPS) is 17.2. The molecule has 0 radical (unpaired) electrons. The minimum Gasteiger partial charge on any atom is -0.383 e. The Morgan fingerprint density at radius 1 is 1.28 bits per heavy atom. The third-order valence-electron chi connectivity index (χ3n) is 3.64. The van der Waals surface area contributed by atoms with Gasteiger partial charge in [0.25, 0.3) is 0 Å². The molecular weight excluding hydrogens is 228 g/mol. The highest BCUT2D eigenvalue weighted by Gasteiger charge is 2.20. The highest BCUT2D eigenvalue weighted by atomic mass is 16.5. The van der Waals surface area contributed by atoms with E-state index in [1.54, 1.807) is 7.11 Å². The molecule has 0 unspecified atom stereocenters. The van der Waals surface area contributed by atoms with Crippen molar-refractivity contribution in [1.29, 1.82) is 0 Å². The van der Waals surface area contributed by atoms with Crippen LogP contribution in [-0.4, -0.2) is 35.0 Å². The lowest BCUT2D eigenvalue weighted by atomic mass is 9.95. The van der Waals surface area contributed by atoms with Gasteiger partial charge in [0.05, 0.1) is 13.2 Å². The van der Waals surface area contributed by atoms with E-state index in [1.165, 1.54) is 32.1 Å². The molecule has 0 amide bonds. The lowest BCUT2D eigenvalue weighted by molar-refractivity contribution is 0.198. The number of hydrogen-bond donors (Lipinski definition) is 1. The van der Waals surface area contributed by atoms with E-state index in [2.05, 4.69) is 27.0 Å². The summed E-state index contributed by atoms with van der Waals surface area (Å²) >= 11 is 0. The Morgan fingerprint density at radius 3 is 2.78 bits per heavy atom. The molecule has 0 aliphatic heterocycles. The molecular formula is C13H24N4O. The summed E-state index contributed by atoms with van der Waals surface area (Å²) < 4.78 is 7.36. The number of rotatable bonds is 6. The molecule has 0 saturated heterocycles. The predicted molar refractivity (Wildman–Crippen MR) is 70.5 cm³/mol. The Hall–Kier alpha value is -0.940. The van der Waals surface area contributed by atoms with Crippen molar-refractivity contribution in [2.75, 3.05) is 20.3 Å². The predicted octanol–water partition coefficient (Wildman–Crippen LogP) is 1.83. The minimum atomic E-state index is 0.605. The topological polar surface area (TPSA) is 52.0 Å². The van der Waals surface area contributed by atoms with Crippen molar-refractivity contribution < 1.29 is 4.74 Å². The molecule has 18 heavy (non-hydrogen) atoms. The molecule has 1 aromatic heterocycles. The van der Waals surface area contributed by atoms with Gasteiger partial charge in [0.2, 0.25) is 0 Å². The molecule has 0 aromatic carbocycles. The van der Waals surface area contributed by atoms with Crippen LogP contribution in [0.4, 0.5) is 0 Å². The zero-order valence-corrected chi connectivity index (χ0v) is 11.5. The molecule has 1 aromatic rings. The first-order valence-corrected chi connectivity index (χ1v) is 6.93. The fourth-order valence-electron chi connectivity index (χ4n) is 2.72. The van der Waals surface area contributed by atoms with Gasteiger partial charge in [-0.25, -0.2) is 0 Å². The van der Waals surface area contributed by atoms with Gasteiger partial charge >= 0.3 is 0 Å². The van der Waals surface area contributed by atoms with E-state index in [-0.39, 0.29) is 0 Å². The summed E-state index contributed by atoms with van der Waals surface area (Å²) in [5.41, 5.74) is 0. The van der Waals surface area contributed by atoms with Crippen molar-refractivity contribution in [3.8, 4) is 0 Å². The van der Waals surface area contributed by atoms with Crippen LogP contribution in [0.1, 0.15) is 49.8 Å². The van der Waals surface area contributed by atoms with E-state index >= 15 is 0 Å². The van der Waals surface area contributed by atoms with Crippen LogP contribution in [0, 0.1) is 6.92 Å². The van der Waals surface area contributed by atoms with Crippen molar-refractivity contribution in [1.82, 2.24) is 20.1 Å². The largest absolute Gasteiger partial charge is 0.383 e. The first-order chi connectivity index (χ1) is 8.83. The van der Waals surface area contributed by atoms with Crippen molar-refractivity contribution in [3.05, 3.63) is 11.6 Å². The highest BCUT2D eigenvalue weighted by Crippen LogP contribution is 2.29. The van der Waals surface area contributed by atoms with Gasteiger partial charge in [-0.2, -0.15) is 0 Å². The standard InChI is InChI=1S/C13H24N4O/c1-11-15-16-13(10-14-8-9-18-2)17(11)12-6-4-3-5-7-12/h12,14H,3-10H2,1-2H3. The molecule has 5 heteroatoms. The lowest BCUT2D eigenvalue weighted by Gasteiger charge is -2.25. The van der Waals surface area contributed by atoms with Crippen LogP contribution in [0.5, 0.6) is 0 Å². The van der Waals surface area contributed by atoms with Crippen LogP contribution in [0.3, 0.4) is 0 Å². The van der Waals surface area contributed by atoms with Gasteiger partial charge in [-0.15, -0.1) is 10.2 Å². The minimum absolute atomic E-state index is 0.605. The maximum atomic E-state index is 5.03. The smallest absolute Gasteiger partial charge is 0.147 e. The number of nitrogens with one attached hydrogen (secondary N) is 1. The zero-order chi connectivity index (χ0) is 12.8. The number of hydrogen-bond acceptors (Lipinski definition) is 4. The van der Waals surface area contributed by atoms with Crippen LogP contribution in [-0.2, 0) is 11.3 Å². The van der Waals surface area contributed by atoms with Crippen molar-refractivity contribution in [2.45, 2.75) is 51.6 Å². The maximum Gasteiger partial charge on any atom is 0.147 e. The highest BCUT2D eigenvalue weighted by molar-refractivity contribution is 4.97. The molecule has 1 saturated carbocycles. The molecule has 5 nitrogen and oxygen atoms in total. The van der Waals surface area contributed by atoms with Crippen LogP contribution in [0.15, 0.2) is 0 Å². The van der Waals surface area contributed by atoms with Crippen molar-refractivity contribution in [2.24, 2.45) is 0 Å². The van der Waals surface area contributed by atoms with Gasteiger partial charge in [-0.05, 0) is 19.8 Å². The van der Waals surface area contributed by atoms with Crippen LogP contribution >= 0.6 is 0 Å². The lowest BCUT2D eigenvalue weighted by Crippen LogP contribution is -2.23. The SMILES string of the molecule is COCCNCc1nnc(C)n1C1CCCCC1. The zero-order valence-electron chi connectivity index (χ0n) is 11.5. The molecule has 0 bridgehead atoms. The number of aryl methyl sites for hydroxylation is 1. The fraction of sp³-hybridized carbons (Fsp3) is 0.846. The second-order valence-electron chi connectivity index (χ2n) is 4.99. The quantitative estimate of drug-likeness (QED) is 0.785. The molecule has 1 fully saturated rings. The van der Waals surface area contributed by atoms with E-state index in [4.69, 9.17) is 4.74 Å². The number of nitrogens with zero attached hydrogens (tertiary/aromatic N) is 3. The average molecular weight is 252 g/mol. The van der Waals surface area contributed by atoms with Gasteiger partial charge < -0.3 is 14.6 Å². The van der Waals surface area contributed by atoms with E-state index in [0.29, 0.717) is 6.04 Å². The third kappa shape index (κ3) is 3.29. The third-order valence-corrected chi connectivity index (χ3v) is 3.64. The summed E-state index contributed by atoms with van der Waals surface area (Å²) in [6.07, 6.45) is 6.57. The van der Waals surface area contributed by atoms with E-state index in [0.717, 1.165) is 31.3 Å². The van der Waals surface area contributed by atoms with Crippen LogP contribution < -0.4 is 5.32 Å². The Labute approximate surface area is 109 Å². The summed E-state index contributed by atoms with van der Waals surface area (Å²) in [7, 11) is 1.72. The molecule has 1 aliphatic rings. The summed E-state index contributed by atoms with van der Waals surface area (Å²) in [5.74, 6) is 2.11. The first-order valence-electron chi connectivity index (χ1n) is 6.93. The second kappa shape index (κ2) is 6.85. The average Bonchev–Trinajstić information content (AvgIpc) is 2.77.